The fourth-order valence-corrected chi connectivity index (χ4v) is 5.76. The first-order valence-electron chi connectivity index (χ1n) is 14.4. The second-order valence-electron chi connectivity index (χ2n) is 11.3. The molecule has 2 aliphatic rings. The minimum atomic E-state index is -0.445. The number of anilines is 1. The molecule has 3 aromatic carbocycles. The molecule has 1 aliphatic heterocycles. The van der Waals surface area contributed by atoms with Crippen LogP contribution in [0.5, 0.6) is 0 Å². The largest absolute Gasteiger partial charge is 0.391 e. The van der Waals surface area contributed by atoms with E-state index in [9.17, 15) is 14.7 Å². The van der Waals surface area contributed by atoms with E-state index in [1.807, 2.05) is 67.6 Å². The molecule has 1 saturated heterocycles. The standard InChI is InChI=1S/C34H31N5O3/c1-20-27(3-2-4-29(20)38-33(41)24-11-7-22(8-12-24)21-5-6-21)31-28-17-30(37-32(28)36-19-35-31)23-9-13-25(14-10-23)34(42)39-16-15-26(40)18-39/h2-4,7-14,17,19,21,26,40H,5-6,15-16,18H2,1H3,(H,38,41)(H,35,36,37)/t26-/m1/s1. The number of amides is 2. The lowest BCUT2D eigenvalue weighted by Crippen LogP contribution is -2.29. The molecular formula is C34H31N5O3. The number of aromatic amines is 1. The molecule has 3 N–H and O–H groups in total. The van der Waals surface area contributed by atoms with Gasteiger partial charge in [-0.3, -0.25) is 9.59 Å². The van der Waals surface area contributed by atoms with Crippen molar-refractivity contribution in [3.8, 4) is 22.5 Å². The summed E-state index contributed by atoms with van der Waals surface area (Å²) in [5.74, 6) is 0.441. The van der Waals surface area contributed by atoms with Crippen molar-refractivity contribution in [1.82, 2.24) is 19.9 Å². The number of carbonyl (C=O) groups is 2. The number of carbonyl (C=O) groups excluding carboxylic acids is 2. The second-order valence-corrected chi connectivity index (χ2v) is 11.3. The highest BCUT2D eigenvalue weighted by molar-refractivity contribution is 6.05. The smallest absolute Gasteiger partial charge is 0.255 e. The third-order valence-corrected chi connectivity index (χ3v) is 8.38. The van der Waals surface area contributed by atoms with Gasteiger partial charge in [-0.25, -0.2) is 9.97 Å². The summed E-state index contributed by atoms with van der Waals surface area (Å²) in [6.07, 6.45) is 4.17. The number of nitrogens with one attached hydrogen (secondary N) is 2. The van der Waals surface area contributed by atoms with E-state index in [1.165, 1.54) is 24.7 Å². The van der Waals surface area contributed by atoms with Crippen molar-refractivity contribution in [2.24, 2.45) is 0 Å². The van der Waals surface area contributed by atoms with E-state index >= 15 is 0 Å². The number of rotatable bonds is 6. The minimum absolute atomic E-state index is 0.0689. The van der Waals surface area contributed by atoms with E-state index in [2.05, 4.69) is 32.4 Å². The zero-order valence-corrected chi connectivity index (χ0v) is 23.3. The summed E-state index contributed by atoms with van der Waals surface area (Å²) >= 11 is 0. The Bertz CT molecular complexity index is 1810. The molecule has 0 bridgehead atoms. The van der Waals surface area contributed by atoms with Crippen LogP contribution in [0.2, 0.25) is 0 Å². The fourth-order valence-electron chi connectivity index (χ4n) is 5.76. The van der Waals surface area contributed by atoms with Crippen LogP contribution in [0, 0.1) is 6.92 Å². The SMILES string of the molecule is Cc1c(NC(=O)c2ccc(C3CC3)cc2)cccc1-c1ncnc2[nH]c(-c3ccc(C(=O)N4CC[C@@H](O)C4)cc3)cc12. The zero-order chi connectivity index (χ0) is 28.8. The molecule has 0 unspecified atom stereocenters. The van der Waals surface area contributed by atoms with Crippen molar-refractivity contribution in [3.63, 3.8) is 0 Å². The third-order valence-electron chi connectivity index (χ3n) is 8.38. The van der Waals surface area contributed by atoms with Gasteiger partial charge in [-0.05, 0) is 85.2 Å². The maximum atomic E-state index is 13.1. The van der Waals surface area contributed by atoms with Crippen LogP contribution in [-0.2, 0) is 0 Å². The molecule has 2 fully saturated rings. The van der Waals surface area contributed by atoms with Gasteiger partial charge < -0.3 is 20.3 Å². The third kappa shape index (κ3) is 4.94. The highest BCUT2D eigenvalue weighted by Crippen LogP contribution is 2.40. The highest BCUT2D eigenvalue weighted by atomic mass is 16.3. The van der Waals surface area contributed by atoms with Crippen LogP contribution in [0.1, 0.15) is 57.0 Å². The van der Waals surface area contributed by atoms with Crippen molar-refractivity contribution >= 4 is 28.5 Å². The van der Waals surface area contributed by atoms with Crippen LogP contribution in [0.25, 0.3) is 33.5 Å². The predicted molar refractivity (Wildman–Crippen MR) is 162 cm³/mol. The number of benzene rings is 3. The molecule has 0 radical (unpaired) electrons. The Morgan fingerprint density at radius 3 is 2.43 bits per heavy atom. The molecule has 1 aliphatic carbocycles. The van der Waals surface area contributed by atoms with E-state index < -0.39 is 6.10 Å². The van der Waals surface area contributed by atoms with Gasteiger partial charge in [-0.1, -0.05) is 36.4 Å². The Hall–Kier alpha value is -4.82. The second kappa shape index (κ2) is 10.5. The zero-order valence-electron chi connectivity index (χ0n) is 23.3. The maximum Gasteiger partial charge on any atom is 0.255 e. The number of fused-ring (bicyclic) bond motifs is 1. The van der Waals surface area contributed by atoms with E-state index in [4.69, 9.17) is 0 Å². The van der Waals surface area contributed by atoms with E-state index in [1.54, 1.807) is 4.90 Å². The lowest BCUT2D eigenvalue weighted by molar-refractivity contribution is 0.0765. The summed E-state index contributed by atoms with van der Waals surface area (Å²) in [5, 5.41) is 13.7. The van der Waals surface area contributed by atoms with Gasteiger partial charge in [0.25, 0.3) is 11.8 Å². The Kier molecular flexibility index (Phi) is 6.55. The molecule has 0 spiro atoms. The number of nitrogens with zero attached hydrogens (tertiary/aromatic N) is 3. The molecule has 5 aromatic rings. The number of aliphatic hydroxyl groups excluding tert-OH is 1. The summed E-state index contributed by atoms with van der Waals surface area (Å²) in [5.41, 5.74) is 8.33. The Balaban J connectivity index is 1.14. The molecule has 2 amide bonds. The Morgan fingerprint density at radius 2 is 1.71 bits per heavy atom. The van der Waals surface area contributed by atoms with Crippen molar-refractivity contribution in [3.05, 3.63) is 101 Å². The first kappa shape index (κ1) is 26.1. The van der Waals surface area contributed by atoms with Crippen molar-refractivity contribution in [1.29, 1.82) is 0 Å². The normalized spacial score (nSPS) is 16.6. The number of aromatic nitrogens is 3. The average molecular weight is 558 g/mol. The molecule has 3 heterocycles. The van der Waals surface area contributed by atoms with E-state index in [0.717, 1.165) is 39.2 Å². The van der Waals surface area contributed by atoms with Crippen molar-refractivity contribution in [2.75, 3.05) is 18.4 Å². The molecule has 1 saturated carbocycles. The average Bonchev–Trinajstić information content (AvgIpc) is 3.63. The van der Waals surface area contributed by atoms with E-state index in [0.29, 0.717) is 42.2 Å². The first-order chi connectivity index (χ1) is 20.4. The predicted octanol–water partition coefficient (Wildman–Crippen LogP) is 5.94. The van der Waals surface area contributed by atoms with E-state index in [-0.39, 0.29) is 11.8 Å². The van der Waals surface area contributed by atoms with Gasteiger partial charge in [0.1, 0.15) is 12.0 Å². The van der Waals surface area contributed by atoms with Gasteiger partial charge in [0, 0.05) is 46.5 Å². The molecular weight excluding hydrogens is 526 g/mol. The summed E-state index contributed by atoms with van der Waals surface area (Å²) in [4.78, 5) is 40.0. The summed E-state index contributed by atoms with van der Waals surface area (Å²) < 4.78 is 0. The van der Waals surface area contributed by atoms with Gasteiger partial charge >= 0.3 is 0 Å². The molecule has 7 rings (SSSR count). The monoisotopic (exact) mass is 557 g/mol. The summed E-state index contributed by atoms with van der Waals surface area (Å²) in [6, 6.07) is 23.2. The lowest BCUT2D eigenvalue weighted by atomic mass is 10.0. The van der Waals surface area contributed by atoms with Gasteiger partial charge in [0.2, 0.25) is 0 Å². The molecule has 1 atom stereocenters. The lowest BCUT2D eigenvalue weighted by Gasteiger charge is -2.15. The topological polar surface area (TPSA) is 111 Å². The first-order valence-corrected chi connectivity index (χ1v) is 14.4. The fraction of sp³-hybridized carbons (Fsp3) is 0.235. The van der Waals surface area contributed by atoms with Crippen LogP contribution < -0.4 is 5.32 Å². The number of H-pyrrole nitrogens is 1. The summed E-state index contributed by atoms with van der Waals surface area (Å²) in [6.45, 7) is 2.93. The summed E-state index contributed by atoms with van der Waals surface area (Å²) in [7, 11) is 0. The number of β-amino-alcohol motifs (C(OH)–C–C–N with tert-alkyl or cyclic N) is 1. The number of hydrogen-bond acceptors (Lipinski definition) is 5. The van der Waals surface area contributed by atoms with Crippen LogP contribution in [0.3, 0.4) is 0 Å². The Labute approximate surface area is 243 Å². The molecule has 8 nitrogen and oxygen atoms in total. The maximum absolute atomic E-state index is 13.1. The highest BCUT2D eigenvalue weighted by Gasteiger charge is 2.26. The van der Waals surface area contributed by atoms with Gasteiger partial charge in [-0.2, -0.15) is 0 Å². The molecule has 8 heteroatoms. The number of aliphatic hydroxyl groups is 1. The van der Waals surface area contributed by atoms with Gasteiger partial charge in [0.15, 0.2) is 0 Å². The van der Waals surface area contributed by atoms with Crippen molar-refractivity contribution in [2.45, 2.75) is 38.2 Å². The van der Waals surface area contributed by atoms with Crippen LogP contribution >= 0.6 is 0 Å². The molecule has 42 heavy (non-hydrogen) atoms. The van der Waals surface area contributed by atoms with Crippen LogP contribution in [0.4, 0.5) is 5.69 Å². The number of hydrogen-bond donors (Lipinski definition) is 3. The van der Waals surface area contributed by atoms with Crippen LogP contribution in [0.15, 0.2) is 79.1 Å². The molecule has 210 valence electrons. The Morgan fingerprint density at radius 1 is 0.952 bits per heavy atom. The number of likely N-dealkylation sites (tertiary alicyclic amines) is 1. The quantitative estimate of drug-likeness (QED) is 0.239. The van der Waals surface area contributed by atoms with Crippen LogP contribution in [-0.4, -0.2) is 56.0 Å². The van der Waals surface area contributed by atoms with Gasteiger partial charge in [0.05, 0.1) is 11.8 Å². The van der Waals surface area contributed by atoms with Crippen molar-refractivity contribution < 1.29 is 14.7 Å². The van der Waals surface area contributed by atoms with Gasteiger partial charge in [-0.15, -0.1) is 0 Å². The minimum Gasteiger partial charge on any atom is -0.391 e. The molecule has 2 aromatic heterocycles.